The molecule has 0 fully saturated rings. The first-order valence-corrected chi connectivity index (χ1v) is 8.86. The third kappa shape index (κ3) is 4.26. The molecule has 2 rings (SSSR count). The number of carbonyl (C=O) groups is 3. The van der Waals surface area contributed by atoms with Crippen LogP contribution in [0.2, 0.25) is 0 Å². The number of amides is 2. The van der Waals surface area contributed by atoms with E-state index in [0.717, 1.165) is 21.5 Å². The predicted molar refractivity (Wildman–Crippen MR) is 96.8 cm³/mol. The summed E-state index contributed by atoms with van der Waals surface area (Å²) in [5.41, 5.74) is 6.68. The Labute approximate surface area is 156 Å². The molecule has 0 aromatic carbocycles. The molecular formula is C15H17BrN4O4S. The summed E-state index contributed by atoms with van der Waals surface area (Å²) in [4.78, 5) is 35.9. The van der Waals surface area contributed by atoms with Crippen molar-refractivity contribution in [1.29, 1.82) is 0 Å². The Morgan fingerprint density at radius 1 is 1.40 bits per heavy atom. The third-order valence-electron chi connectivity index (χ3n) is 3.47. The highest BCUT2D eigenvalue weighted by atomic mass is 79.9. The molecule has 0 saturated heterocycles. The number of halogens is 1. The molecule has 8 nitrogen and oxygen atoms in total. The Morgan fingerprint density at radius 3 is 2.60 bits per heavy atom. The molecule has 0 aliphatic carbocycles. The molecule has 25 heavy (non-hydrogen) atoms. The molecule has 2 aromatic heterocycles. The first-order chi connectivity index (χ1) is 11.7. The van der Waals surface area contributed by atoms with Crippen LogP contribution in [0.15, 0.2) is 10.7 Å². The number of nitrogens with zero attached hydrogens (tertiary/aromatic N) is 2. The number of thiophene rings is 1. The van der Waals surface area contributed by atoms with Crippen LogP contribution >= 0.6 is 27.3 Å². The largest absolute Gasteiger partial charge is 0.465 e. The van der Waals surface area contributed by atoms with Gasteiger partial charge in [-0.05, 0) is 35.3 Å². The minimum absolute atomic E-state index is 0.146. The van der Waals surface area contributed by atoms with Crippen LogP contribution in [0.4, 0.5) is 5.00 Å². The summed E-state index contributed by atoms with van der Waals surface area (Å²) in [6, 6.07) is 0. The van der Waals surface area contributed by atoms with E-state index in [4.69, 9.17) is 10.5 Å². The number of anilines is 1. The first kappa shape index (κ1) is 19.1. The molecule has 134 valence electrons. The summed E-state index contributed by atoms with van der Waals surface area (Å²) in [5, 5.41) is 7.15. The molecule has 0 bridgehead atoms. The SMILES string of the molecule is COC(=O)c1c(NC(=O)CCn2cc(Br)c(C)n2)sc(C(N)=O)c1C. The van der Waals surface area contributed by atoms with Gasteiger partial charge in [-0.15, -0.1) is 11.3 Å². The molecule has 2 amide bonds. The topological polar surface area (TPSA) is 116 Å². The van der Waals surface area contributed by atoms with Crippen LogP contribution in [-0.2, 0) is 16.1 Å². The van der Waals surface area contributed by atoms with E-state index in [0.29, 0.717) is 12.1 Å². The Hall–Kier alpha value is -2.20. The second kappa shape index (κ2) is 7.79. The standard InChI is InChI=1S/C15H17BrN4O4S/c1-7-11(15(23)24-3)14(25-12(7)13(17)22)18-10(21)4-5-20-6-9(16)8(2)19-20/h6H,4-5H2,1-3H3,(H2,17,22)(H,18,21). The van der Waals surface area contributed by atoms with Gasteiger partial charge < -0.3 is 15.8 Å². The molecule has 2 aromatic rings. The monoisotopic (exact) mass is 428 g/mol. The van der Waals surface area contributed by atoms with Crippen LogP contribution in [0.1, 0.15) is 37.7 Å². The van der Waals surface area contributed by atoms with Gasteiger partial charge in [-0.3, -0.25) is 14.3 Å². The molecule has 0 radical (unpaired) electrons. The molecule has 0 aliphatic heterocycles. The zero-order valence-corrected chi connectivity index (χ0v) is 16.3. The molecule has 3 N–H and O–H groups in total. The maximum atomic E-state index is 12.2. The van der Waals surface area contributed by atoms with Crippen molar-refractivity contribution in [2.45, 2.75) is 26.8 Å². The van der Waals surface area contributed by atoms with Crippen LogP contribution in [0, 0.1) is 13.8 Å². The number of ether oxygens (including phenoxy) is 1. The molecule has 10 heteroatoms. The summed E-state index contributed by atoms with van der Waals surface area (Å²) in [7, 11) is 1.23. The molecule has 0 atom stereocenters. The molecular weight excluding hydrogens is 412 g/mol. The van der Waals surface area contributed by atoms with Gasteiger partial charge in [0.15, 0.2) is 0 Å². The summed E-state index contributed by atoms with van der Waals surface area (Å²) in [6.07, 6.45) is 1.93. The number of aryl methyl sites for hydroxylation is 2. The number of nitrogens with two attached hydrogens (primary N) is 1. The molecule has 0 unspecified atom stereocenters. The number of primary amides is 1. The van der Waals surface area contributed by atoms with Gasteiger partial charge in [0.1, 0.15) is 5.00 Å². The number of nitrogens with one attached hydrogen (secondary N) is 1. The second-order valence-corrected chi connectivity index (χ2v) is 7.11. The van der Waals surface area contributed by atoms with E-state index in [1.807, 2.05) is 6.92 Å². The molecule has 0 spiro atoms. The Balaban J connectivity index is 2.15. The minimum Gasteiger partial charge on any atom is -0.465 e. The number of hydrogen-bond donors (Lipinski definition) is 2. The lowest BCUT2D eigenvalue weighted by Gasteiger charge is -2.06. The minimum atomic E-state index is -0.662. The number of methoxy groups -OCH3 is 1. The average Bonchev–Trinajstić information content (AvgIpc) is 3.04. The van der Waals surface area contributed by atoms with Gasteiger partial charge >= 0.3 is 5.97 Å². The van der Waals surface area contributed by atoms with E-state index in [-0.39, 0.29) is 27.8 Å². The summed E-state index contributed by atoms with van der Waals surface area (Å²) < 4.78 is 7.23. The van der Waals surface area contributed by atoms with Gasteiger partial charge in [-0.25, -0.2) is 4.79 Å². The molecule has 0 aliphatic rings. The van der Waals surface area contributed by atoms with Crippen LogP contribution in [-0.4, -0.2) is 34.7 Å². The van der Waals surface area contributed by atoms with Crippen LogP contribution in [0.25, 0.3) is 0 Å². The summed E-state index contributed by atoms with van der Waals surface area (Å²) in [6.45, 7) is 3.81. The highest BCUT2D eigenvalue weighted by Crippen LogP contribution is 2.33. The smallest absolute Gasteiger partial charge is 0.341 e. The van der Waals surface area contributed by atoms with Gasteiger partial charge in [-0.1, -0.05) is 0 Å². The van der Waals surface area contributed by atoms with Crippen molar-refractivity contribution in [2.75, 3.05) is 12.4 Å². The third-order valence-corrected chi connectivity index (χ3v) is 5.47. The zero-order chi connectivity index (χ0) is 18.7. The lowest BCUT2D eigenvalue weighted by atomic mass is 10.1. The Kier molecular flexibility index (Phi) is 5.96. The molecule has 0 saturated carbocycles. The summed E-state index contributed by atoms with van der Waals surface area (Å²) in [5.74, 6) is -1.61. The van der Waals surface area contributed by atoms with Gasteiger partial charge in [0, 0.05) is 19.2 Å². The van der Waals surface area contributed by atoms with Crippen LogP contribution in [0.3, 0.4) is 0 Å². The quantitative estimate of drug-likeness (QED) is 0.684. The Bertz CT molecular complexity index is 823. The van der Waals surface area contributed by atoms with E-state index < -0.39 is 11.9 Å². The summed E-state index contributed by atoms with van der Waals surface area (Å²) >= 11 is 4.31. The predicted octanol–water partition coefficient (Wildman–Crippen LogP) is 2.24. The number of hydrogen-bond acceptors (Lipinski definition) is 6. The fourth-order valence-corrected chi connectivity index (χ4v) is 3.58. The van der Waals surface area contributed by atoms with Crippen molar-refractivity contribution in [1.82, 2.24) is 9.78 Å². The number of esters is 1. The zero-order valence-electron chi connectivity index (χ0n) is 13.9. The maximum absolute atomic E-state index is 12.2. The van der Waals surface area contributed by atoms with Crippen LogP contribution in [0.5, 0.6) is 0 Å². The van der Waals surface area contributed by atoms with E-state index in [1.165, 1.54) is 7.11 Å². The van der Waals surface area contributed by atoms with Gasteiger partial charge in [0.2, 0.25) is 5.91 Å². The van der Waals surface area contributed by atoms with E-state index in [1.54, 1.807) is 17.8 Å². The number of rotatable bonds is 6. The van der Waals surface area contributed by atoms with E-state index in [9.17, 15) is 14.4 Å². The van der Waals surface area contributed by atoms with Crippen molar-refractivity contribution in [3.8, 4) is 0 Å². The fourth-order valence-electron chi connectivity index (χ4n) is 2.20. The van der Waals surface area contributed by atoms with Crippen molar-refractivity contribution in [3.63, 3.8) is 0 Å². The van der Waals surface area contributed by atoms with Gasteiger partial charge in [-0.2, -0.15) is 5.10 Å². The maximum Gasteiger partial charge on any atom is 0.341 e. The van der Waals surface area contributed by atoms with E-state index >= 15 is 0 Å². The lowest BCUT2D eigenvalue weighted by molar-refractivity contribution is -0.116. The first-order valence-electron chi connectivity index (χ1n) is 7.25. The average molecular weight is 429 g/mol. The highest BCUT2D eigenvalue weighted by molar-refractivity contribution is 9.10. The lowest BCUT2D eigenvalue weighted by Crippen LogP contribution is -2.16. The number of carbonyl (C=O) groups excluding carboxylic acids is 3. The second-order valence-electron chi connectivity index (χ2n) is 5.24. The van der Waals surface area contributed by atoms with E-state index in [2.05, 4.69) is 26.3 Å². The van der Waals surface area contributed by atoms with Crippen molar-refractivity contribution < 1.29 is 19.1 Å². The Morgan fingerprint density at radius 2 is 2.08 bits per heavy atom. The van der Waals surface area contributed by atoms with Crippen molar-refractivity contribution in [2.24, 2.45) is 5.73 Å². The fraction of sp³-hybridized carbons (Fsp3) is 0.333. The van der Waals surface area contributed by atoms with Crippen molar-refractivity contribution >= 4 is 50.1 Å². The van der Waals surface area contributed by atoms with Gasteiger partial charge in [0.05, 0.1) is 27.7 Å². The van der Waals surface area contributed by atoms with Crippen LogP contribution < -0.4 is 11.1 Å². The van der Waals surface area contributed by atoms with Gasteiger partial charge in [0.25, 0.3) is 5.91 Å². The van der Waals surface area contributed by atoms with Crippen molar-refractivity contribution in [3.05, 3.63) is 32.4 Å². The normalized spacial score (nSPS) is 10.6. The molecule has 2 heterocycles. The number of aromatic nitrogens is 2. The highest BCUT2D eigenvalue weighted by Gasteiger charge is 2.25.